The normalized spacial score (nSPS) is 16.1. The summed E-state index contributed by atoms with van der Waals surface area (Å²) < 4.78 is 5.93. The number of carboxylic acids is 1. The lowest BCUT2D eigenvalue weighted by Crippen LogP contribution is -2.65. The van der Waals surface area contributed by atoms with Gasteiger partial charge in [0.2, 0.25) is 5.91 Å². The van der Waals surface area contributed by atoms with E-state index < -0.39 is 29.9 Å². The number of hydrazone groups is 1. The highest BCUT2D eigenvalue weighted by Gasteiger charge is 2.44. The van der Waals surface area contributed by atoms with Crippen LogP contribution in [-0.4, -0.2) is 96.4 Å². The Kier molecular flexibility index (Phi) is 8.45. The molecule has 12 nitrogen and oxygen atoms in total. The van der Waals surface area contributed by atoms with Crippen LogP contribution >= 0.6 is 0 Å². The lowest BCUT2D eigenvalue weighted by molar-refractivity contribution is -0.862. The molecule has 0 aromatic heterocycles. The molecule has 3 rings (SSSR count). The first kappa shape index (κ1) is 27.1. The zero-order valence-corrected chi connectivity index (χ0v) is 20.7. The third kappa shape index (κ3) is 7.77. The SMILES string of the molecule is C[N+](C)(C)CC(=O)NN=Cc1ccc(OCC(=O)NC2CN(C(C(=O)O)c3ccc(O)cc3)C2=O)cc1. The van der Waals surface area contributed by atoms with Gasteiger partial charge in [0.1, 0.15) is 17.5 Å². The van der Waals surface area contributed by atoms with Gasteiger partial charge in [0.05, 0.1) is 33.9 Å². The van der Waals surface area contributed by atoms with Crippen molar-refractivity contribution < 1.29 is 38.6 Å². The van der Waals surface area contributed by atoms with E-state index >= 15 is 0 Å². The average molecular weight is 513 g/mol. The highest BCUT2D eigenvalue weighted by molar-refractivity contribution is 5.95. The predicted octanol–water partition coefficient (Wildman–Crippen LogP) is 0.0802. The van der Waals surface area contributed by atoms with E-state index in [9.17, 15) is 29.4 Å². The minimum atomic E-state index is -1.22. The monoisotopic (exact) mass is 512 g/mol. The van der Waals surface area contributed by atoms with Crippen LogP contribution in [0.4, 0.5) is 0 Å². The lowest BCUT2D eigenvalue weighted by Gasteiger charge is -2.42. The summed E-state index contributed by atoms with van der Waals surface area (Å²) in [6.45, 7) is -0.0182. The highest BCUT2D eigenvalue weighted by Crippen LogP contribution is 2.28. The second-order valence-electron chi connectivity index (χ2n) is 9.54. The van der Waals surface area contributed by atoms with Crippen molar-refractivity contribution in [3.8, 4) is 11.5 Å². The Morgan fingerprint density at radius 2 is 1.76 bits per heavy atom. The molecule has 4 N–H and O–H groups in total. The number of ether oxygens (including phenoxy) is 1. The molecule has 1 aliphatic rings. The van der Waals surface area contributed by atoms with Gasteiger partial charge in [0.25, 0.3) is 11.8 Å². The van der Waals surface area contributed by atoms with Gasteiger partial charge < -0.3 is 29.6 Å². The standard InChI is InChI=1S/C25H29N5O7/c1-30(2,3)14-21(32)28-26-12-16-4-10-19(11-5-16)37-15-22(33)27-20-13-29(24(20)34)23(25(35)36)17-6-8-18(31)9-7-17/h4-12,20,23H,13-15H2,1-3H3,(H3-,27,28,31,32,33,35,36)/p+1. The van der Waals surface area contributed by atoms with Crippen LogP contribution in [0, 0.1) is 0 Å². The summed E-state index contributed by atoms with van der Waals surface area (Å²) in [4.78, 5) is 49.4. The van der Waals surface area contributed by atoms with Crippen molar-refractivity contribution in [1.29, 1.82) is 0 Å². The molecular weight excluding hydrogens is 482 g/mol. The first-order chi connectivity index (χ1) is 17.4. The number of amides is 3. The van der Waals surface area contributed by atoms with Crippen molar-refractivity contribution in [2.75, 3.05) is 40.8 Å². The summed E-state index contributed by atoms with van der Waals surface area (Å²) in [5, 5.41) is 25.4. The van der Waals surface area contributed by atoms with Crippen molar-refractivity contribution in [3.63, 3.8) is 0 Å². The molecule has 37 heavy (non-hydrogen) atoms. The number of quaternary nitrogens is 1. The zero-order valence-electron chi connectivity index (χ0n) is 20.7. The molecule has 2 aromatic rings. The molecule has 12 heteroatoms. The van der Waals surface area contributed by atoms with Gasteiger partial charge in [-0.2, -0.15) is 5.10 Å². The van der Waals surface area contributed by atoms with Gasteiger partial charge >= 0.3 is 5.97 Å². The van der Waals surface area contributed by atoms with Crippen LogP contribution in [-0.2, 0) is 19.2 Å². The largest absolute Gasteiger partial charge is 0.508 e. The summed E-state index contributed by atoms with van der Waals surface area (Å²) in [6, 6.07) is 10.2. The van der Waals surface area contributed by atoms with E-state index in [1.54, 1.807) is 24.3 Å². The molecule has 0 bridgehead atoms. The van der Waals surface area contributed by atoms with Gasteiger partial charge in [-0.1, -0.05) is 12.1 Å². The van der Waals surface area contributed by atoms with Crippen molar-refractivity contribution in [2.24, 2.45) is 5.10 Å². The average Bonchev–Trinajstić information content (AvgIpc) is 2.82. The number of nitrogens with zero attached hydrogens (tertiary/aromatic N) is 3. The number of phenolic OH excluding ortho intramolecular Hbond substituents is 1. The van der Waals surface area contributed by atoms with Gasteiger partial charge in [-0.3, -0.25) is 14.4 Å². The molecule has 1 saturated heterocycles. The molecular formula is C25H30N5O7+. The third-order valence-electron chi connectivity index (χ3n) is 5.32. The summed E-state index contributed by atoms with van der Waals surface area (Å²) >= 11 is 0. The number of carbonyl (C=O) groups excluding carboxylic acids is 3. The Bertz CT molecular complexity index is 1170. The second-order valence-corrected chi connectivity index (χ2v) is 9.54. The van der Waals surface area contributed by atoms with Crippen molar-refractivity contribution in [1.82, 2.24) is 15.6 Å². The number of carboxylic acid groups (broad SMARTS) is 1. The van der Waals surface area contributed by atoms with Crippen LogP contribution in [0.2, 0.25) is 0 Å². The Balaban J connectivity index is 1.44. The fraction of sp³-hybridized carbons (Fsp3) is 0.320. The van der Waals surface area contributed by atoms with E-state index in [0.29, 0.717) is 21.4 Å². The molecule has 0 saturated carbocycles. The number of benzene rings is 2. The fourth-order valence-electron chi connectivity index (χ4n) is 3.58. The number of β-lactam (4-membered cyclic amide) rings is 1. The Morgan fingerprint density at radius 1 is 1.11 bits per heavy atom. The van der Waals surface area contributed by atoms with Crippen molar-refractivity contribution >= 4 is 29.9 Å². The van der Waals surface area contributed by atoms with Crippen molar-refractivity contribution in [2.45, 2.75) is 12.1 Å². The number of hydrogen-bond donors (Lipinski definition) is 4. The molecule has 0 radical (unpaired) electrons. The maximum atomic E-state index is 12.5. The van der Waals surface area contributed by atoms with E-state index in [1.807, 2.05) is 21.1 Å². The predicted molar refractivity (Wildman–Crippen MR) is 133 cm³/mol. The molecule has 1 fully saturated rings. The number of hydrogen-bond acceptors (Lipinski definition) is 7. The van der Waals surface area contributed by atoms with Gasteiger partial charge in [0, 0.05) is 0 Å². The molecule has 2 unspecified atom stereocenters. The zero-order chi connectivity index (χ0) is 27.2. The van der Waals surface area contributed by atoms with Crippen LogP contribution in [0.3, 0.4) is 0 Å². The number of rotatable bonds is 11. The number of nitrogens with one attached hydrogen (secondary N) is 2. The lowest BCUT2D eigenvalue weighted by atomic mass is 9.98. The van der Waals surface area contributed by atoms with Crippen LogP contribution in [0.25, 0.3) is 0 Å². The summed E-state index contributed by atoms with van der Waals surface area (Å²) in [6.07, 6.45) is 1.49. The van der Waals surface area contributed by atoms with Gasteiger partial charge in [0.15, 0.2) is 19.2 Å². The molecule has 2 atom stereocenters. The number of aromatic hydroxyl groups is 1. The molecule has 1 heterocycles. The first-order valence-corrected chi connectivity index (χ1v) is 11.4. The Labute approximate surface area is 213 Å². The smallest absolute Gasteiger partial charge is 0.331 e. The minimum absolute atomic E-state index is 0.0183. The van der Waals surface area contributed by atoms with Gasteiger partial charge in [-0.25, -0.2) is 10.2 Å². The van der Waals surface area contributed by atoms with E-state index in [4.69, 9.17) is 4.74 Å². The van der Waals surface area contributed by atoms with Crippen LogP contribution in [0.15, 0.2) is 53.6 Å². The number of carbonyl (C=O) groups is 4. The van der Waals surface area contributed by atoms with Gasteiger partial charge in [-0.15, -0.1) is 0 Å². The third-order valence-corrected chi connectivity index (χ3v) is 5.32. The highest BCUT2D eigenvalue weighted by atomic mass is 16.5. The molecule has 196 valence electrons. The molecule has 2 aromatic carbocycles. The maximum Gasteiger partial charge on any atom is 0.331 e. The van der Waals surface area contributed by atoms with E-state index in [1.165, 1.54) is 30.5 Å². The first-order valence-electron chi connectivity index (χ1n) is 11.4. The summed E-state index contributed by atoms with van der Waals surface area (Å²) in [5.41, 5.74) is 3.51. The van der Waals surface area contributed by atoms with Crippen molar-refractivity contribution in [3.05, 3.63) is 59.7 Å². The Morgan fingerprint density at radius 3 is 2.32 bits per heavy atom. The maximum absolute atomic E-state index is 12.5. The number of likely N-dealkylation sites (N-methyl/N-ethyl adjacent to an activating group) is 1. The van der Waals surface area contributed by atoms with Crippen LogP contribution in [0.1, 0.15) is 17.2 Å². The molecule has 1 aliphatic heterocycles. The van der Waals surface area contributed by atoms with E-state index in [-0.39, 0.29) is 31.4 Å². The molecule has 0 aliphatic carbocycles. The number of phenols is 1. The fourth-order valence-corrected chi connectivity index (χ4v) is 3.58. The Hall–Kier alpha value is -4.45. The summed E-state index contributed by atoms with van der Waals surface area (Å²) in [7, 11) is 5.69. The second kappa shape index (κ2) is 11.5. The van der Waals surface area contributed by atoms with Gasteiger partial charge in [-0.05, 0) is 47.5 Å². The quantitative estimate of drug-likeness (QED) is 0.144. The topological polar surface area (TPSA) is 158 Å². The van der Waals surface area contributed by atoms with Crippen LogP contribution in [0.5, 0.6) is 11.5 Å². The molecule has 3 amide bonds. The molecule has 0 spiro atoms. The summed E-state index contributed by atoms with van der Waals surface area (Å²) in [5.74, 6) is -2.07. The minimum Gasteiger partial charge on any atom is -0.508 e. The number of likely N-dealkylation sites (tertiary alicyclic amines) is 1. The van der Waals surface area contributed by atoms with E-state index in [0.717, 1.165) is 4.90 Å². The van der Waals surface area contributed by atoms with Crippen LogP contribution < -0.4 is 15.5 Å². The number of aliphatic carboxylic acids is 1. The van der Waals surface area contributed by atoms with E-state index in [2.05, 4.69) is 15.8 Å².